The Balaban J connectivity index is 2.24. The SMILES string of the molecule is PNCc1ccc(-c2ccc(Cl)cc2)cc1. The Bertz CT molecular complexity index is 450. The maximum Gasteiger partial charge on any atom is 0.0406 e. The van der Waals surface area contributed by atoms with Crippen LogP contribution in [-0.2, 0) is 6.54 Å². The monoisotopic (exact) mass is 249 g/mol. The van der Waals surface area contributed by atoms with Gasteiger partial charge < -0.3 is 0 Å². The lowest BCUT2D eigenvalue weighted by atomic mass is 10.0. The minimum Gasteiger partial charge on any atom is -0.296 e. The summed E-state index contributed by atoms with van der Waals surface area (Å²) in [5.41, 5.74) is 3.67. The van der Waals surface area contributed by atoms with E-state index in [1.807, 2.05) is 24.3 Å². The molecule has 0 aliphatic heterocycles. The summed E-state index contributed by atoms with van der Waals surface area (Å²) in [5, 5.41) is 3.82. The molecule has 2 aromatic carbocycles. The molecule has 0 saturated heterocycles. The summed E-state index contributed by atoms with van der Waals surface area (Å²) in [4.78, 5) is 0. The molecule has 3 heteroatoms. The Morgan fingerprint density at radius 2 is 1.38 bits per heavy atom. The molecule has 1 unspecified atom stereocenters. The largest absolute Gasteiger partial charge is 0.296 e. The first kappa shape index (κ1) is 11.6. The van der Waals surface area contributed by atoms with Crippen LogP contribution in [-0.4, -0.2) is 0 Å². The first-order valence-electron chi connectivity index (χ1n) is 5.08. The maximum absolute atomic E-state index is 5.86. The molecule has 2 aromatic rings. The van der Waals surface area contributed by atoms with Crippen molar-refractivity contribution in [3.05, 3.63) is 59.1 Å². The zero-order chi connectivity index (χ0) is 11.4. The quantitative estimate of drug-likeness (QED) is 0.814. The summed E-state index contributed by atoms with van der Waals surface area (Å²) in [6, 6.07) is 16.4. The van der Waals surface area contributed by atoms with Gasteiger partial charge in [0.05, 0.1) is 0 Å². The molecule has 0 aromatic heterocycles. The fourth-order valence-electron chi connectivity index (χ4n) is 1.58. The minimum atomic E-state index is 0.771. The van der Waals surface area contributed by atoms with Crippen molar-refractivity contribution in [2.24, 2.45) is 0 Å². The van der Waals surface area contributed by atoms with Crippen LogP contribution in [0.1, 0.15) is 5.56 Å². The van der Waals surface area contributed by atoms with Gasteiger partial charge in [-0.25, -0.2) is 0 Å². The van der Waals surface area contributed by atoms with E-state index in [0.717, 1.165) is 11.6 Å². The van der Waals surface area contributed by atoms with Gasteiger partial charge in [0, 0.05) is 11.6 Å². The lowest BCUT2D eigenvalue weighted by Gasteiger charge is -2.04. The van der Waals surface area contributed by atoms with E-state index < -0.39 is 0 Å². The molecule has 0 saturated carbocycles. The molecule has 2 rings (SSSR count). The van der Waals surface area contributed by atoms with Crippen LogP contribution in [0.15, 0.2) is 48.5 Å². The van der Waals surface area contributed by atoms with E-state index in [1.54, 1.807) is 0 Å². The molecule has 0 amide bonds. The van der Waals surface area contributed by atoms with Gasteiger partial charge in [-0.05, 0) is 28.8 Å². The van der Waals surface area contributed by atoms with Crippen LogP contribution in [0, 0.1) is 0 Å². The number of hydrogen-bond acceptors (Lipinski definition) is 1. The summed E-state index contributed by atoms with van der Waals surface area (Å²) >= 11 is 5.86. The van der Waals surface area contributed by atoms with E-state index in [-0.39, 0.29) is 0 Å². The number of nitrogens with one attached hydrogen (secondary N) is 1. The Hall–Kier alpha value is -0.880. The fraction of sp³-hybridized carbons (Fsp3) is 0.0769. The Morgan fingerprint density at radius 3 is 1.88 bits per heavy atom. The van der Waals surface area contributed by atoms with Crippen molar-refractivity contribution >= 4 is 21.0 Å². The molecular weight excluding hydrogens is 237 g/mol. The molecule has 0 bridgehead atoms. The van der Waals surface area contributed by atoms with Gasteiger partial charge in [-0.2, -0.15) is 0 Å². The zero-order valence-corrected chi connectivity index (χ0v) is 10.7. The van der Waals surface area contributed by atoms with Crippen molar-refractivity contribution in [2.75, 3.05) is 0 Å². The van der Waals surface area contributed by atoms with E-state index in [9.17, 15) is 0 Å². The molecule has 0 aliphatic rings. The average molecular weight is 250 g/mol. The van der Waals surface area contributed by atoms with Crippen molar-refractivity contribution in [1.29, 1.82) is 0 Å². The Morgan fingerprint density at radius 1 is 0.875 bits per heavy atom. The predicted molar refractivity (Wildman–Crippen MR) is 73.4 cm³/mol. The van der Waals surface area contributed by atoms with Gasteiger partial charge in [0.1, 0.15) is 0 Å². The van der Waals surface area contributed by atoms with Crippen LogP contribution in [0.25, 0.3) is 11.1 Å². The summed E-state index contributed by atoms with van der Waals surface area (Å²) in [6.45, 7) is 0.867. The first-order valence-corrected chi connectivity index (χ1v) is 6.03. The molecule has 1 atom stereocenters. The average Bonchev–Trinajstić information content (AvgIpc) is 2.32. The molecule has 0 fully saturated rings. The van der Waals surface area contributed by atoms with Gasteiger partial charge in [-0.3, -0.25) is 5.09 Å². The number of halogens is 1. The first-order chi connectivity index (χ1) is 7.79. The second-order valence-corrected chi connectivity index (χ2v) is 4.43. The van der Waals surface area contributed by atoms with Gasteiger partial charge in [0.2, 0.25) is 0 Å². The number of rotatable bonds is 3. The third-order valence-corrected chi connectivity index (χ3v) is 2.89. The van der Waals surface area contributed by atoms with Gasteiger partial charge in [-0.1, -0.05) is 57.4 Å². The highest BCUT2D eigenvalue weighted by molar-refractivity contribution is 7.13. The molecule has 82 valence electrons. The van der Waals surface area contributed by atoms with Gasteiger partial charge in [0.15, 0.2) is 0 Å². The molecule has 1 N–H and O–H groups in total. The molecule has 1 nitrogen and oxygen atoms in total. The van der Waals surface area contributed by atoms with E-state index in [0.29, 0.717) is 0 Å². The zero-order valence-electron chi connectivity index (χ0n) is 8.78. The molecule has 0 aliphatic carbocycles. The fourth-order valence-corrected chi connectivity index (χ4v) is 1.94. The van der Waals surface area contributed by atoms with Crippen LogP contribution in [0.3, 0.4) is 0 Å². The Kier molecular flexibility index (Phi) is 3.95. The second-order valence-electron chi connectivity index (χ2n) is 3.58. The molecule has 0 spiro atoms. The summed E-state index contributed by atoms with van der Waals surface area (Å²) in [5.74, 6) is 0. The van der Waals surface area contributed by atoms with E-state index in [4.69, 9.17) is 11.6 Å². The maximum atomic E-state index is 5.86. The topological polar surface area (TPSA) is 12.0 Å². The van der Waals surface area contributed by atoms with E-state index in [2.05, 4.69) is 38.7 Å². The van der Waals surface area contributed by atoms with Crippen LogP contribution in [0.4, 0.5) is 0 Å². The minimum absolute atomic E-state index is 0.771. The van der Waals surface area contributed by atoms with Crippen molar-refractivity contribution in [1.82, 2.24) is 5.09 Å². The lowest BCUT2D eigenvalue weighted by Crippen LogP contribution is -1.96. The predicted octanol–water partition coefficient (Wildman–Crippen LogP) is 3.89. The summed E-state index contributed by atoms with van der Waals surface area (Å²) < 4.78 is 0. The van der Waals surface area contributed by atoms with Crippen LogP contribution >= 0.6 is 21.0 Å². The Labute approximate surface area is 103 Å². The van der Waals surface area contributed by atoms with Gasteiger partial charge >= 0.3 is 0 Å². The smallest absolute Gasteiger partial charge is 0.0406 e. The molecule has 0 heterocycles. The van der Waals surface area contributed by atoms with Crippen LogP contribution in [0.2, 0.25) is 5.02 Å². The third-order valence-electron chi connectivity index (χ3n) is 2.44. The van der Waals surface area contributed by atoms with E-state index >= 15 is 0 Å². The highest BCUT2D eigenvalue weighted by Crippen LogP contribution is 2.21. The second kappa shape index (κ2) is 5.45. The van der Waals surface area contributed by atoms with Crippen molar-refractivity contribution in [2.45, 2.75) is 6.54 Å². The van der Waals surface area contributed by atoms with Gasteiger partial charge in [-0.15, -0.1) is 0 Å². The lowest BCUT2D eigenvalue weighted by molar-refractivity contribution is 0.979. The van der Waals surface area contributed by atoms with Crippen molar-refractivity contribution in [3.63, 3.8) is 0 Å². The third kappa shape index (κ3) is 2.82. The molecule has 0 radical (unpaired) electrons. The highest BCUT2D eigenvalue weighted by Gasteiger charge is 1.97. The molecule has 16 heavy (non-hydrogen) atoms. The summed E-state index contributed by atoms with van der Waals surface area (Å²) in [6.07, 6.45) is 0. The van der Waals surface area contributed by atoms with E-state index in [1.165, 1.54) is 16.7 Å². The summed E-state index contributed by atoms with van der Waals surface area (Å²) in [7, 11) is 2.50. The van der Waals surface area contributed by atoms with Crippen LogP contribution < -0.4 is 5.09 Å². The number of hydrogen-bond donors (Lipinski definition) is 1. The highest BCUT2D eigenvalue weighted by atomic mass is 35.5. The normalized spacial score (nSPS) is 10.4. The van der Waals surface area contributed by atoms with Gasteiger partial charge in [0.25, 0.3) is 0 Å². The number of benzene rings is 2. The van der Waals surface area contributed by atoms with Crippen LogP contribution in [0.5, 0.6) is 0 Å². The molecular formula is C13H13ClNP. The van der Waals surface area contributed by atoms with Crippen molar-refractivity contribution in [3.8, 4) is 11.1 Å². The van der Waals surface area contributed by atoms with Crippen molar-refractivity contribution < 1.29 is 0 Å². The standard InChI is InChI=1S/C13H13ClNP/c14-13-7-5-12(6-8-13)11-3-1-10(2-4-11)9-15-16/h1-8,15H,9,16H2.